The lowest BCUT2D eigenvalue weighted by Crippen LogP contribution is -2.40. The summed E-state index contributed by atoms with van der Waals surface area (Å²) >= 11 is 0. The van der Waals surface area contributed by atoms with Crippen molar-refractivity contribution in [1.29, 1.82) is 0 Å². The van der Waals surface area contributed by atoms with Gasteiger partial charge < -0.3 is 25.3 Å². The average molecular weight is 241 g/mol. The van der Waals surface area contributed by atoms with Crippen molar-refractivity contribution in [2.24, 2.45) is 0 Å². The molecule has 0 aliphatic carbocycles. The van der Waals surface area contributed by atoms with Gasteiger partial charge in [0.05, 0.1) is 25.4 Å². The van der Waals surface area contributed by atoms with Gasteiger partial charge in [-0.15, -0.1) is 0 Å². The van der Waals surface area contributed by atoms with Gasteiger partial charge in [-0.25, -0.2) is 0 Å². The van der Waals surface area contributed by atoms with Crippen molar-refractivity contribution in [3.05, 3.63) is 30.3 Å². The van der Waals surface area contributed by atoms with Crippen LogP contribution in [0.5, 0.6) is 0 Å². The average Bonchev–Trinajstić information content (AvgIpc) is 2.38. The zero-order valence-electron chi connectivity index (χ0n) is 9.61. The van der Waals surface area contributed by atoms with E-state index < -0.39 is 12.2 Å². The molecule has 5 heteroatoms. The second kappa shape index (κ2) is 7.24. The van der Waals surface area contributed by atoms with Crippen molar-refractivity contribution in [2.45, 2.75) is 12.2 Å². The van der Waals surface area contributed by atoms with Gasteiger partial charge in [-0.1, -0.05) is 18.2 Å². The van der Waals surface area contributed by atoms with E-state index in [9.17, 15) is 10.2 Å². The van der Waals surface area contributed by atoms with Crippen molar-refractivity contribution < 1.29 is 20.4 Å². The molecule has 5 nitrogen and oxygen atoms in total. The van der Waals surface area contributed by atoms with Gasteiger partial charge in [-0.05, 0) is 12.1 Å². The normalized spacial score (nSPS) is 14.4. The summed E-state index contributed by atoms with van der Waals surface area (Å²) in [6.45, 7) is -0.258. The molecule has 96 valence electrons. The monoisotopic (exact) mass is 241 g/mol. The standard InChI is InChI=1S/C12H19NO4/c14-8-11(16)6-13(7-12(17)9-15)10-4-2-1-3-5-10/h1-5,11-12,14-17H,6-9H2. The molecule has 2 unspecified atom stereocenters. The van der Waals surface area contributed by atoms with E-state index >= 15 is 0 Å². The summed E-state index contributed by atoms with van der Waals surface area (Å²) in [4.78, 5) is 1.72. The third kappa shape index (κ3) is 4.70. The van der Waals surface area contributed by atoms with Gasteiger partial charge in [0, 0.05) is 18.8 Å². The molecule has 0 aliphatic rings. The highest BCUT2D eigenvalue weighted by Crippen LogP contribution is 2.14. The number of hydrogen-bond acceptors (Lipinski definition) is 5. The molecule has 1 aromatic carbocycles. The van der Waals surface area contributed by atoms with Crippen molar-refractivity contribution in [3.8, 4) is 0 Å². The van der Waals surface area contributed by atoms with E-state index in [0.29, 0.717) is 0 Å². The quantitative estimate of drug-likeness (QED) is 0.502. The first kappa shape index (κ1) is 13.9. The molecule has 0 aliphatic heterocycles. The molecule has 0 spiro atoms. The van der Waals surface area contributed by atoms with E-state index in [4.69, 9.17) is 10.2 Å². The van der Waals surface area contributed by atoms with Crippen molar-refractivity contribution in [2.75, 3.05) is 31.2 Å². The van der Waals surface area contributed by atoms with Crippen LogP contribution >= 0.6 is 0 Å². The predicted octanol–water partition coefficient (Wildman–Crippen LogP) is -0.801. The summed E-state index contributed by atoms with van der Waals surface area (Å²) in [5.74, 6) is 0. The molecular formula is C12H19NO4. The van der Waals surface area contributed by atoms with E-state index in [0.717, 1.165) is 5.69 Å². The first-order chi connectivity index (χ1) is 8.17. The van der Waals surface area contributed by atoms with Gasteiger partial charge in [-0.2, -0.15) is 0 Å². The van der Waals surface area contributed by atoms with Crippen molar-refractivity contribution in [1.82, 2.24) is 0 Å². The lowest BCUT2D eigenvalue weighted by Gasteiger charge is -2.28. The molecule has 17 heavy (non-hydrogen) atoms. The lowest BCUT2D eigenvalue weighted by molar-refractivity contribution is 0.0839. The Bertz CT molecular complexity index is 295. The van der Waals surface area contributed by atoms with Gasteiger partial charge in [0.25, 0.3) is 0 Å². The lowest BCUT2D eigenvalue weighted by atomic mass is 10.2. The molecule has 0 saturated heterocycles. The van der Waals surface area contributed by atoms with Crippen LogP contribution in [0.15, 0.2) is 30.3 Å². The minimum atomic E-state index is -0.874. The van der Waals surface area contributed by atoms with Crippen LogP contribution in [0.4, 0.5) is 5.69 Å². The molecule has 0 radical (unpaired) electrons. The number of hydrogen-bond donors (Lipinski definition) is 4. The van der Waals surface area contributed by atoms with Crippen LogP contribution in [0.25, 0.3) is 0 Å². The Morgan fingerprint density at radius 3 is 1.76 bits per heavy atom. The summed E-state index contributed by atoms with van der Waals surface area (Å²) < 4.78 is 0. The fraction of sp³-hybridized carbons (Fsp3) is 0.500. The number of benzene rings is 1. The second-order valence-electron chi connectivity index (χ2n) is 3.91. The number of para-hydroxylation sites is 1. The van der Waals surface area contributed by atoms with E-state index in [2.05, 4.69) is 0 Å². The van der Waals surface area contributed by atoms with Gasteiger partial charge in [-0.3, -0.25) is 0 Å². The predicted molar refractivity (Wildman–Crippen MR) is 64.8 cm³/mol. The Labute approximate surface area is 101 Å². The SMILES string of the molecule is OCC(O)CN(CC(O)CO)c1ccccc1. The summed E-state index contributed by atoms with van der Waals surface area (Å²) in [5.41, 5.74) is 0.826. The third-order valence-electron chi connectivity index (χ3n) is 2.41. The molecule has 0 bridgehead atoms. The number of aliphatic hydroxyl groups is 4. The zero-order chi connectivity index (χ0) is 12.7. The van der Waals surface area contributed by atoms with E-state index in [1.54, 1.807) is 4.90 Å². The molecule has 0 heterocycles. The van der Waals surface area contributed by atoms with Gasteiger partial charge >= 0.3 is 0 Å². The summed E-state index contributed by atoms with van der Waals surface area (Å²) in [6, 6.07) is 9.24. The van der Waals surface area contributed by atoms with Crippen LogP contribution < -0.4 is 4.90 Å². The highest BCUT2D eigenvalue weighted by atomic mass is 16.3. The number of nitrogens with zero attached hydrogens (tertiary/aromatic N) is 1. The fourth-order valence-electron chi connectivity index (χ4n) is 1.55. The molecular weight excluding hydrogens is 222 g/mol. The smallest absolute Gasteiger partial charge is 0.0945 e. The molecule has 0 aromatic heterocycles. The summed E-state index contributed by atoms with van der Waals surface area (Å²) in [6.07, 6.45) is -1.75. The second-order valence-corrected chi connectivity index (χ2v) is 3.91. The third-order valence-corrected chi connectivity index (χ3v) is 2.41. The zero-order valence-corrected chi connectivity index (χ0v) is 9.61. The highest BCUT2D eigenvalue weighted by Gasteiger charge is 2.15. The van der Waals surface area contributed by atoms with Crippen LogP contribution in [0.1, 0.15) is 0 Å². The molecule has 1 rings (SSSR count). The number of anilines is 1. The van der Waals surface area contributed by atoms with Gasteiger partial charge in [0.1, 0.15) is 0 Å². The Morgan fingerprint density at radius 2 is 1.35 bits per heavy atom. The van der Waals surface area contributed by atoms with E-state index in [1.807, 2.05) is 30.3 Å². The molecule has 0 fully saturated rings. The highest BCUT2D eigenvalue weighted by molar-refractivity contribution is 5.46. The first-order valence-corrected chi connectivity index (χ1v) is 5.55. The first-order valence-electron chi connectivity index (χ1n) is 5.55. The van der Waals surface area contributed by atoms with Crippen LogP contribution in [0, 0.1) is 0 Å². The van der Waals surface area contributed by atoms with Crippen molar-refractivity contribution in [3.63, 3.8) is 0 Å². The minimum Gasteiger partial charge on any atom is -0.394 e. The Kier molecular flexibility index (Phi) is 5.93. The van der Waals surface area contributed by atoms with Gasteiger partial charge in [0.2, 0.25) is 0 Å². The molecule has 1 aromatic rings. The van der Waals surface area contributed by atoms with E-state index in [1.165, 1.54) is 0 Å². The van der Waals surface area contributed by atoms with Crippen LogP contribution in [0.3, 0.4) is 0 Å². The molecule has 2 atom stereocenters. The topological polar surface area (TPSA) is 84.2 Å². The Hall–Kier alpha value is -1.14. The number of aliphatic hydroxyl groups excluding tert-OH is 4. The Morgan fingerprint density at radius 1 is 0.882 bits per heavy atom. The maximum atomic E-state index is 9.44. The minimum absolute atomic E-state index is 0.206. The molecule has 4 N–H and O–H groups in total. The summed E-state index contributed by atoms with van der Waals surface area (Å²) in [7, 11) is 0. The molecule has 0 amide bonds. The van der Waals surface area contributed by atoms with Crippen LogP contribution in [-0.2, 0) is 0 Å². The molecule has 0 saturated carbocycles. The largest absolute Gasteiger partial charge is 0.394 e. The Balaban J connectivity index is 2.72. The van der Waals surface area contributed by atoms with Gasteiger partial charge in [0.15, 0.2) is 0 Å². The van der Waals surface area contributed by atoms with Crippen molar-refractivity contribution >= 4 is 5.69 Å². The maximum absolute atomic E-state index is 9.44. The fourth-order valence-corrected chi connectivity index (χ4v) is 1.55. The summed E-state index contributed by atoms with van der Waals surface area (Å²) in [5, 5.41) is 36.5. The van der Waals surface area contributed by atoms with Crippen LogP contribution in [-0.4, -0.2) is 58.9 Å². The maximum Gasteiger partial charge on any atom is 0.0945 e. The van der Waals surface area contributed by atoms with Crippen LogP contribution in [0.2, 0.25) is 0 Å². The number of rotatable bonds is 7. The van der Waals surface area contributed by atoms with E-state index in [-0.39, 0.29) is 26.3 Å².